The fraction of sp³-hybridized carbons (Fsp3) is 0.526. The summed E-state index contributed by atoms with van der Waals surface area (Å²) in [5.41, 5.74) is 0.949. The first-order valence-electron chi connectivity index (χ1n) is 8.50. The lowest BCUT2D eigenvalue weighted by molar-refractivity contribution is -0.144. The minimum Gasteiger partial charge on any atom is -0.469 e. The second kappa shape index (κ2) is 10.5. The van der Waals surface area contributed by atoms with Gasteiger partial charge in [0.1, 0.15) is 6.04 Å². The third-order valence-corrected chi connectivity index (χ3v) is 3.93. The molecule has 0 unspecified atom stereocenters. The Kier molecular flexibility index (Phi) is 8.67. The Bertz CT molecular complexity index is 572. The van der Waals surface area contributed by atoms with E-state index in [1.165, 1.54) is 14.2 Å². The molecule has 6 nitrogen and oxygen atoms in total. The molecule has 2 N–H and O–H groups in total. The zero-order valence-corrected chi connectivity index (χ0v) is 15.4. The molecule has 1 aromatic carbocycles. The van der Waals surface area contributed by atoms with Gasteiger partial charge < -0.3 is 15.4 Å². The van der Waals surface area contributed by atoms with Gasteiger partial charge >= 0.3 is 5.97 Å². The summed E-state index contributed by atoms with van der Waals surface area (Å²) in [4.78, 5) is 36.4. The van der Waals surface area contributed by atoms with Gasteiger partial charge in [-0.2, -0.15) is 0 Å². The van der Waals surface area contributed by atoms with Crippen molar-refractivity contribution in [3.63, 3.8) is 0 Å². The van der Waals surface area contributed by atoms with E-state index < -0.39 is 17.9 Å². The molecule has 138 valence electrons. The maximum Gasteiger partial charge on any atom is 0.306 e. The average molecular weight is 348 g/mol. The van der Waals surface area contributed by atoms with Crippen molar-refractivity contribution in [3.8, 4) is 0 Å². The summed E-state index contributed by atoms with van der Waals surface area (Å²) >= 11 is 0. The van der Waals surface area contributed by atoms with E-state index in [0.29, 0.717) is 12.8 Å². The van der Waals surface area contributed by atoms with E-state index in [0.717, 1.165) is 5.56 Å². The molecule has 6 heteroatoms. The second-order valence-corrected chi connectivity index (χ2v) is 6.47. The van der Waals surface area contributed by atoms with E-state index >= 15 is 0 Å². The lowest BCUT2D eigenvalue weighted by Crippen LogP contribution is -2.49. The van der Waals surface area contributed by atoms with E-state index in [-0.39, 0.29) is 24.2 Å². The summed E-state index contributed by atoms with van der Waals surface area (Å²) in [5, 5.41) is 5.37. The molecule has 0 saturated carbocycles. The number of nitrogens with one attached hydrogen (secondary N) is 2. The monoisotopic (exact) mass is 348 g/mol. The van der Waals surface area contributed by atoms with Crippen LogP contribution in [-0.4, -0.2) is 38.0 Å². The fourth-order valence-corrected chi connectivity index (χ4v) is 2.66. The number of ether oxygens (including phenoxy) is 1. The first kappa shape index (κ1) is 20.7. The third-order valence-electron chi connectivity index (χ3n) is 3.93. The topological polar surface area (TPSA) is 84.5 Å². The maximum absolute atomic E-state index is 12.7. The van der Waals surface area contributed by atoms with Gasteiger partial charge in [-0.15, -0.1) is 0 Å². The van der Waals surface area contributed by atoms with E-state index in [2.05, 4.69) is 15.4 Å². The SMILES string of the molecule is CNC(=O)[C@H](Cc1ccccc1)NC(=O)[C@@H](CC(=O)OC)CC(C)C. The molecule has 0 saturated heterocycles. The highest BCUT2D eigenvalue weighted by Crippen LogP contribution is 2.17. The van der Waals surface area contributed by atoms with Crippen molar-refractivity contribution >= 4 is 17.8 Å². The van der Waals surface area contributed by atoms with Crippen LogP contribution >= 0.6 is 0 Å². The first-order valence-corrected chi connectivity index (χ1v) is 8.50. The molecular formula is C19H28N2O4. The van der Waals surface area contributed by atoms with Crippen LogP contribution in [0.5, 0.6) is 0 Å². The highest BCUT2D eigenvalue weighted by molar-refractivity contribution is 5.90. The molecule has 0 bridgehead atoms. The Balaban J connectivity index is 2.85. The van der Waals surface area contributed by atoms with Crippen LogP contribution in [0.2, 0.25) is 0 Å². The van der Waals surface area contributed by atoms with Gasteiger partial charge in [0, 0.05) is 19.4 Å². The van der Waals surface area contributed by atoms with Crippen LogP contribution in [0, 0.1) is 11.8 Å². The van der Waals surface area contributed by atoms with Crippen LogP contribution in [-0.2, 0) is 25.5 Å². The lowest BCUT2D eigenvalue weighted by atomic mass is 9.92. The van der Waals surface area contributed by atoms with Gasteiger partial charge in [-0.25, -0.2) is 0 Å². The number of benzene rings is 1. The predicted molar refractivity (Wildman–Crippen MR) is 95.7 cm³/mol. The zero-order chi connectivity index (χ0) is 18.8. The van der Waals surface area contributed by atoms with Crippen molar-refractivity contribution in [3.05, 3.63) is 35.9 Å². The fourth-order valence-electron chi connectivity index (χ4n) is 2.66. The Labute approximate surface area is 149 Å². The maximum atomic E-state index is 12.7. The summed E-state index contributed by atoms with van der Waals surface area (Å²) in [5.74, 6) is -1.27. The molecule has 2 amide bonds. The van der Waals surface area contributed by atoms with Gasteiger partial charge in [0.2, 0.25) is 11.8 Å². The van der Waals surface area contributed by atoms with Crippen LogP contribution in [0.15, 0.2) is 30.3 Å². The molecule has 0 aliphatic heterocycles. The summed E-state index contributed by atoms with van der Waals surface area (Å²) in [6, 6.07) is 8.79. The van der Waals surface area contributed by atoms with E-state index in [4.69, 9.17) is 0 Å². The van der Waals surface area contributed by atoms with Crippen molar-refractivity contribution < 1.29 is 19.1 Å². The van der Waals surface area contributed by atoms with Crippen LogP contribution in [0.4, 0.5) is 0 Å². The number of amides is 2. The standard InChI is InChI=1S/C19H28N2O4/c1-13(2)10-15(12-17(22)25-4)18(23)21-16(19(24)20-3)11-14-8-6-5-7-9-14/h5-9,13,15-16H,10-12H2,1-4H3,(H,20,24)(H,21,23)/t15-,16+/m1/s1. The van der Waals surface area contributed by atoms with E-state index in [9.17, 15) is 14.4 Å². The van der Waals surface area contributed by atoms with Crippen LogP contribution < -0.4 is 10.6 Å². The number of carbonyl (C=O) groups is 3. The Morgan fingerprint density at radius 2 is 1.72 bits per heavy atom. The van der Waals surface area contributed by atoms with Gasteiger partial charge in [0.25, 0.3) is 0 Å². The summed E-state index contributed by atoms with van der Waals surface area (Å²) < 4.78 is 4.68. The summed E-state index contributed by atoms with van der Waals surface area (Å²) in [6.45, 7) is 3.97. The second-order valence-electron chi connectivity index (χ2n) is 6.47. The Morgan fingerprint density at radius 3 is 2.24 bits per heavy atom. The quantitative estimate of drug-likeness (QED) is 0.665. The minimum atomic E-state index is -0.688. The normalized spacial score (nSPS) is 13.0. The van der Waals surface area contributed by atoms with E-state index in [1.807, 2.05) is 44.2 Å². The summed E-state index contributed by atoms with van der Waals surface area (Å²) in [7, 11) is 2.84. The largest absolute Gasteiger partial charge is 0.469 e. The van der Waals surface area contributed by atoms with Crippen LogP contribution in [0.25, 0.3) is 0 Å². The Morgan fingerprint density at radius 1 is 1.08 bits per heavy atom. The van der Waals surface area contributed by atoms with Gasteiger partial charge in [-0.05, 0) is 17.9 Å². The van der Waals surface area contributed by atoms with Gasteiger partial charge in [0.15, 0.2) is 0 Å². The van der Waals surface area contributed by atoms with Crippen molar-refractivity contribution in [2.24, 2.45) is 11.8 Å². The average Bonchev–Trinajstić information content (AvgIpc) is 2.60. The zero-order valence-electron chi connectivity index (χ0n) is 15.4. The first-order chi connectivity index (χ1) is 11.9. The summed E-state index contributed by atoms with van der Waals surface area (Å²) in [6.07, 6.45) is 0.942. The molecule has 0 aromatic heterocycles. The number of likely N-dealkylation sites (N-methyl/N-ethyl adjacent to an activating group) is 1. The lowest BCUT2D eigenvalue weighted by Gasteiger charge is -2.22. The van der Waals surface area contributed by atoms with Crippen molar-refractivity contribution in [1.82, 2.24) is 10.6 Å². The molecule has 0 aliphatic carbocycles. The molecule has 0 spiro atoms. The molecule has 25 heavy (non-hydrogen) atoms. The number of carbonyl (C=O) groups excluding carboxylic acids is 3. The molecule has 0 fully saturated rings. The van der Waals surface area contributed by atoms with Crippen molar-refractivity contribution in [1.29, 1.82) is 0 Å². The van der Waals surface area contributed by atoms with Gasteiger partial charge in [-0.1, -0.05) is 44.2 Å². The van der Waals surface area contributed by atoms with Crippen LogP contribution in [0.3, 0.4) is 0 Å². The molecular weight excluding hydrogens is 320 g/mol. The number of rotatable bonds is 9. The van der Waals surface area contributed by atoms with Crippen molar-refractivity contribution in [2.45, 2.75) is 39.2 Å². The van der Waals surface area contributed by atoms with Crippen LogP contribution in [0.1, 0.15) is 32.3 Å². The number of hydrogen-bond donors (Lipinski definition) is 2. The van der Waals surface area contributed by atoms with Crippen molar-refractivity contribution in [2.75, 3.05) is 14.2 Å². The highest BCUT2D eigenvalue weighted by atomic mass is 16.5. The van der Waals surface area contributed by atoms with Gasteiger partial charge in [-0.3, -0.25) is 14.4 Å². The smallest absolute Gasteiger partial charge is 0.306 e. The molecule has 2 atom stereocenters. The van der Waals surface area contributed by atoms with Gasteiger partial charge in [0.05, 0.1) is 13.5 Å². The number of hydrogen-bond acceptors (Lipinski definition) is 4. The highest BCUT2D eigenvalue weighted by Gasteiger charge is 2.27. The molecule has 0 heterocycles. The molecule has 1 rings (SSSR count). The number of esters is 1. The molecule has 0 aliphatic rings. The number of methoxy groups -OCH3 is 1. The Hall–Kier alpha value is -2.37. The molecule has 1 aromatic rings. The van der Waals surface area contributed by atoms with E-state index in [1.54, 1.807) is 0 Å². The third kappa shape index (κ3) is 7.37. The minimum absolute atomic E-state index is 0.00626. The molecule has 0 radical (unpaired) electrons. The predicted octanol–water partition coefficient (Wildman–Crippen LogP) is 1.69.